The van der Waals surface area contributed by atoms with Gasteiger partial charge in [0.1, 0.15) is 30.3 Å². The summed E-state index contributed by atoms with van der Waals surface area (Å²) in [5.41, 5.74) is 5.69. The third-order valence-corrected chi connectivity index (χ3v) is 15.6. The van der Waals surface area contributed by atoms with Gasteiger partial charge in [0.2, 0.25) is 17.8 Å². The van der Waals surface area contributed by atoms with Crippen LogP contribution in [0.5, 0.6) is 5.75 Å². The van der Waals surface area contributed by atoms with E-state index in [1.807, 2.05) is 31.2 Å². The first kappa shape index (κ1) is 49.4. The molecule has 5 heterocycles. The molecule has 3 saturated heterocycles. The number of hydrogen-bond acceptors (Lipinski definition) is 13. The highest BCUT2D eigenvalue weighted by atomic mass is 79.9. The van der Waals surface area contributed by atoms with Crippen LogP contribution in [-0.4, -0.2) is 120 Å². The number of carbonyl (C=O) groups is 2. The fourth-order valence-electron chi connectivity index (χ4n) is 9.98. The number of aryl methyl sites for hydroxylation is 2. The summed E-state index contributed by atoms with van der Waals surface area (Å²) < 4.78 is 51.1. The van der Waals surface area contributed by atoms with Gasteiger partial charge in [-0.15, -0.1) is 0 Å². The molecule has 2 amide bonds. The number of aliphatic hydroxyl groups excluding tert-OH is 1. The Morgan fingerprint density at radius 1 is 0.926 bits per heavy atom. The van der Waals surface area contributed by atoms with E-state index in [0.717, 1.165) is 85.4 Å². The maximum atomic E-state index is 15.2. The number of imide groups is 1. The van der Waals surface area contributed by atoms with Crippen molar-refractivity contribution in [1.82, 2.24) is 30.1 Å². The number of ether oxygens (including phenoxy) is 1. The number of nitrogens with one attached hydrogen (secondary N) is 3. The van der Waals surface area contributed by atoms with E-state index < -0.39 is 36.5 Å². The van der Waals surface area contributed by atoms with E-state index >= 15 is 8.78 Å². The van der Waals surface area contributed by atoms with Crippen molar-refractivity contribution in [3.05, 3.63) is 93.2 Å². The van der Waals surface area contributed by atoms with Crippen molar-refractivity contribution in [1.29, 1.82) is 0 Å². The fourth-order valence-corrected chi connectivity index (χ4v) is 11.7. The number of carbonyl (C=O) groups excluding carboxylic acids is 2. The van der Waals surface area contributed by atoms with Gasteiger partial charge >= 0.3 is 0 Å². The summed E-state index contributed by atoms with van der Waals surface area (Å²) in [7, 11) is -2.76. The predicted octanol–water partition coefficient (Wildman–Crippen LogP) is 8.03. The van der Waals surface area contributed by atoms with Gasteiger partial charge in [-0.3, -0.25) is 29.7 Å². The number of aromatic nitrogens is 3. The molecule has 3 aliphatic rings. The predicted molar refractivity (Wildman–Crippen MR) is 268 cm³/mol. The number of fused-ring (bicyclic) bond motifs is 1. The van der Waals surface area contributed by atoms with E-state index in [4.69, 9.17) is 14.7 Å². The van der Waals surface area contributed by atoms with Crippen molar-refractivity contribution in [3.8, 4) is 5.75 Å². The van der Waals surface area contributed by atoms with Crippen molar-refractivity contribution in [2.75, 3.05) is 81.3 Å². The number of rotatable bonds is 16. The Morgan fingerprint density at radius 2 is 1.69 bits per heavy atom. The number of anilines is 5. The van der Waals surface area contributed by atoms with Crippen LogP contribution < -0.4 is 30.9 Å². The van der Waals surface area contributed by atoms with E-state index in [1.165, 1.54) is 12.1 Å². The molecule has 18 heteroatoms. The second-order valence-electron chi connectivity index (χ2n) is 18.3. The minimum Gasteiger partial charge on any atom is -0.492 e. The largest absolute Gasteiger partial charge is 0.492 e. The zero-order chi connectivity index (χ0) is 48.3. The third-order valence-electron chi connectivity index (χ3n) is 13.5. The Morgan fingerprint density at radius 3 is 2.37 bits per heavy atom. The average Bonchev–Trinajstić information content (AvgIpc) is 3.32. The summed E-state index contributed by atoms with van der Waals surface area (Å²) in [6.45, 7) is 14.6. The van der Waals surface area contributed by atoms with E-state index in [0.29, 0.717) is 70.7 Å². The van der Waals surface area contributed by atoms with E-state index in [9.17, 15) is 19.3 Å². The highest BCUT2D eigenvalue weighted by Crippen LogP contribution is 2.43. The Balaban J connectivity index is 0.906. The lowest BCUT2D eigenvalue weighted by Gasteiger charge is -2.46. The van der Waals surface area contributed by atoms with Gasteiger partial charge in [0.15, 0.2) is 0 Å². The second kappa shape index (κ2) is 21.3. The van der Waals surface area contributed by atoms with Gasteiger partial charge in [0.05, 0.1) is 40.5 Å². The maximum absolute atomic E-state index is 15.2. The molecule has 362 valence electrons. The lowest BCUT2D eigenvalue weighted by atomic mass is 9.89. The third kappa shape index (κ3) is 10.9. The molecule has 68 heavy (non-hydrogen) atoms. The number of piperazine rings is 1. The van der Waals surface area contributed by atoms with Crippen LogP contribution in [0.1, 0.15) is 74.8 Å². The Kier molecular flexibility index (Phi) is 15.5. The van der Waals surface area contributed by atoms with Crippen molar-refractivity contribution in [2.24, 2.45) is 0 Å². The maximum Gasteiger partial charge on any atom is 0.234 e. The van der Waals surface area contributed by atoms with E-state index in [-0.39, 0.29) is 31.1 Å². The minimum absolute atomic E-state index is 0.0277. The van der Waals surface area contributed by atoms with Gasteiger partial charge in [-0.1, -0.05) is 19.9 Å². The smallest absolute Gasteiger partial charge is 0.234 e. The molecule has 3 aromatic carbocycles. The van der Waals surface area contributed by atoms with E-state index in [1.54, 1.807) is 19.5 Å². The summed E-state index contributed by atoms with van der Waals surface area (Å²) in [4.78, 5) is 45.3. The van der Waals surface area contributed by atoms with Crippen LogP contribution in [0.15, 0.2) is 59.2 Å². The number of piperidine rings is 2. The molecule has 0 spiro atoms. The monoisotopic (exact) mass is 1020 g/mol. The van der Waals surface area contributed by atoms with Crippen LogP contribution in [0, 0.1) is 11.6 Å². The number of aliphatic hydroxyl groups is 1. The number of pyridine rings is 1. The minimum atomic E-state index is -2.76. The number of hydrogen-bond donors (Lipinski definition) is 4. The van der Waals surface area contributed by atoms with Crippen LogP contribution in [0.25, 0.3) is 10.9 Å². The average molecular weight is 1020 g/mol. The van der Waals surface area contributed by atoms with Crippen LogP contribution in [0.2, 0.25) is 0 Å². The second-order valence-corrected chi connectivity index (χ2v) is 22.3. The molecule has 2 aromatic heterocycles. The molecule has 2 unspecified atom stereocenters. The highest BCUT2D eigenvalue weighted by Gasteiger charge is 2.35. The normalized spacial score (nSPS) is 18.8. The van der Waals surface area contributed by atoms with Crippen LogP contribution in [-0.2, 0) is 33.4 Å². The first-order chi connectivity index (χ1) is 32.7. The first-order valence-electron chi connectivity index (χ1n) is 23.7. The van der Waals surface area contributed by atoms with Crippen molar-refractivity contribution in [3.63, 3.8) is 0 Å². The quantitative estimate of drug-likeness (QED) is 0.0555. The summed E-state index contributed by atoms with van der Waals surface area (Å²) in [5, 5.41) is 21.1. The fraction of sp³-hybridized carbons (Fsp3) is 0.460. The molecule has 0 bridgehead atoms. The lowest BCUT2D eigenvalue weighted by molar-refractivity contribution is -0.134. The van der Waals surface area contributed by atoms with Crippen molar-refractivity contribution in [2.45, 2.75) is 83.7 Å². The molecule has 0 radical (unpaired) electrons. The molecule has 3 fully saturated rings. The highest BCUT2D eigenvalue weighted by molar-refractivity contribution is 9.10. The SMILES string of the molecule is CCOc1cc(N2CCC(N3CCN(CCc4cc(F)c(C5CCC(=O)NC5=O)c(F)c4)C(CO)C3)CC2)c(CC)cc1Nc1ncc(Br)c(Nc2ccc3nc(CC)ccc3c2P(C)(C)=O)n1. The molecule has 5 aromatic rings. The van der Waals surface area contributed by atoms with Gasteiger partial charge in [0.25, 0.3) is 0 Å². The van der Waals surface area contributed by atoms with Gasteiger partial charge < -0.3 is 29.9 Å². The summed E-state index contributed by atoms with van der Waals surface area (Å²) >= 11 is 3.62. The number of benzene rings is 3. The van der Waals surface area contributed by atoms with Crippen LogP contribution >= 0.6 is 23.1 Å². The molecule has 14 nitrogen and oxygen atoms in total. The molecule has 3 aliphatic heterocycles. The summed E-state index contributed by atoms with van der Waals surface area (Å²) in [6.07, 6.45) is 5.69. The van der Waals surface area contributed by atoms with E-state index in [2.05, 4.69) is 77.5 Å². The molecule has 4 N–H and O–H groups in total. The number of halogens is 3. The zero-order valence-corrected chi connectivity index (χ0v) is 41.9. The summed E-state index contributed by atoms with van der Waals surface area (Å²) in [5.74, 6) is -2.13. The Labute approximate surface area is 405 Å². The molecule has 8 rings (SSSR count). The van der Waals surface area contributed by atoms with Gasteiger partial charge in [-0.25, -0.2) is 13.8 Å². The first-order valence-corrected chi connectivity index (χ1v) is 27.1. The lowest BCUT2D eigenvalue weighted by Crippen LogP contribution is -2.58. The topological polar surface area (TPSA) is 165 Å². The Bertz CT molecular complexity index is 2710. The van der Waals surface area contributed by atoms with Crippen molar-refractivity contribution >= 4 is 79.9 Å². The molecular formula is C50H61BrF2N9O5P. The summed E-state index contributed by atoms with van der Waals surface area (Å²) in [6, 6.07) is 14.9. The van der Waals surface area contributed by atoms with Crippen LogP contribution in [0.4, 0.5) is 37.6 Å². The number of amides is 2. The number of nitrogens with zero attached hydrogens (tertiary/aromatic N) is 6. The zero-order valence-electron chi connectivity index (χ0n) is 39.4. The molecule has 0 aliphatic carbocycles. The van der Waals surface area contributed by atoms with Gasteiger partial charge in [0, 0.05) is 97.7 Å². The molecule has 2 atom stereocenters. The molecule has 0 saturated carbocycles. The standard InChI is InChI=1S/C50H61BrF2N9O5P/c1-6-31-25-42(57-50-54-27-37(51)48(59-50)56-41-13-12-40-35(47(41)68(4,5)66)10-9-32(7-2)55-40)44(67-8-3)26-43(31)61-19-16-33(17-20-61)62-22-21-60(34(28-62)29-63)18-15-30-23-38(52)46(39(53)24-30)36-11-14-45(64)58-49(36)65/h9-10,12-13,23-27,33-34,36,63H,6-8,11,14-22,28-29H2,1-5H3,(H,58,64,65)(H2,54,56,57,59). The Hall–Kier alpha value is -5.06. The van der Waals surface area contributed by atoms with Crippen LogP contribution in [0.3, 0.4) is 0 Å². The van der Waals surface area contributed by atoms with Crippen molar-refractivity contribution < 1.29 is 32.8 Å². The van der Waals surface area contributed by atoms with Gasteiger partial charge in [-0.2, -0.15) is 4.98 Å². The van der Waals surface area contributed by atoms with Gasteiger partial charge in [-0.05, 0) is 122 Å². The molecular weight excluding hydrogens is 955 g/mol.